The van der Waals surface area contributed by atoms with Gasteiger partial charge in [-0.15, -0.1) is 10.2 Å². The molecule has 1 aliphatic rings. The molecule has 0 spiro atoms. The van der Waals surface area contributed by atoms with Crippen LogP contribution in [0.3, 0.4) is 0 Å². The Balaban J connectivity index is 1.26. The molecule has 190 valence electrons. The first-order valence-corrected chi connectivity index (χ1v) is 11.5. The number of hydrogen-bond acceptors (Lipinski definition) is 6. The number of carbonyl (C=O) groups excluding carboxylic acids is 1. The quantitative estimate of drug-likeness (QED) is 0.373. The van der Waals surface area contributed by atoms with E-state index in [1.54, 1.807) is 24.8 Å². The smallest absolute Gasteiger partial charge is 0.354 e. The number of alkyl halides is 3. The van der Waals surface area contributed by atoms with Crippen molar-refractivity contribution < 1.29 is 22.4 Å². The van der Waals surface area contributed by atoms with Crippen LogP contribution in [0, 0.1) is 5.82 Å². The van der Waals surface area contributed by atoms with Gasteiger partial charge in [0.15, 0.2) is 5.82 Å². The Bertz CT molecular complexity index is 1420. The lowest BCUT2D eigenvalue weighted by atomic mass is 10.0. The van der Waals surface area contributed by atoms with E-state index in [2.05, 4.69) is 30.8 Å². The molecule has 0 atom stereocenters. The van der Waals surface area contributed by atoms with E-state index >= 15 is 0 Å². The standard InChI is InChI=1S/C25H21F4N7O/c26-16-1-2-21(20(13-16)25(27,28)29)33-24(37)32-17-6-11-36(12-7-17)23-19-14-31-10-5-18(19)22(34-35-23)15-3-8-30-9-4-15/h1-5,8-10,13-14,17H,6-7,11-12H2,(H2,32,33,37). The van der Waals surface area contributed by atoms with E-state index in [-0.39, 0.29) is 6.04 Å². The highest BCUT2D eigenvalue weighted by Crippen LogP contribution is 2.35. The van der Waals surface area contributed by atoms with E-state index in [1.807, 2.05) is 23.1 Å². The Morgan fingerprint density at radius 2 is 1.68 bits per heavy atom. The molecular formula is C25H21F4N7O. The minimum atomic E-state index is -4.80. The van der Waals surface area contributed by atoms with Crippen molar-refractivity contribution in [3.63, 3.8) is 0 Å². The molecule has 2 N–H and O–H groups in total. The van der Waals surface area contributed by atoms with Gasteiger partial charge in [-0.1, -0.05) is 0 Å². The molecule has 0 aliphatic carbocycles. The number of amides is 2. The topological polar surface area (TPSA) is 95.9 Å². The number of aromatic nitrogens is 4. The number of rotatable bonds is 4. The number of pyridine rings is 2. The predicted molar refractivity (Wildman–Crippen MR) is 129 cm³/mol. The Labute approximate surface area is 208 Å². The molecule has 3 aromatic heterocycles. The number of hydrogen-bond donors (Lipinski definition) is 2. The minimum Gasteiger partial charge on any atom is -0.354 e. The van der Waals surface area contributed by atoms with Crippen molar-refractivity contribution in [3.05, 3.63) is 72.6 Å². The van der Waals surface area contributed by atoms with E-state index < -0.39 is 29.3 Å². The molecule has 4 heterocycles. The molecule has 12 heteroatoms. The number of fused-ring (bicyclic) bond motifs is 1. The molecule has 37 heavy (non-hydrogen) atoms. The van der Waals surface area contributed by atoms with Crippen molar-refractivity contribution in [1.29, 1.82) is 0 Å². The van der Waals surface area contributed by atoms with Crippen LogP contribution in [0.15, 0.2) is 61.2 Å². The molecule has 8 nitrogen and oxygen atoms in total. The largest absolute Gasteiger partial charge is 0.418 e. The SMILES string of the molecule is O=C(Nc1ccc(F)cc1C(F)(F)F)NC1CCN(c2nnc(-c3ccncc3)c3ccncc23)CC1. The number of nitrogens with zero attached hydrogens (tertiary/aromatic N) is 5. The van der Waals surface area contributed by atoms with Gasteiger partial charge in [0.05, 0.1) is 11.3 Å². The second-order valence-electron chi connectivity index (χ2n) is 8.58. The summed E-state index contributed by atoms with van der Waals surface area (Å²) in [6.07, 6.45) is 3.08. The van der Waals surface area contributed by atoms with Crippen LogP contribution in [-0.4, -0.2) is 45.3 Å². The maximum Gasteiger partial charge on any atom is 0.418 e. The maximum absolute atomic E-state index is 13.3. The number of urea groups is 1. The zero-order chi connectivity index (χ0) is 26.0. The highest BCUT2D eigenvalue weighted by atomic mass is 19.4. The lowest BCUT2D eigenvalue weighted by molar-refractivity contribution is -0.137. The van der Waals surface area contributed by atoms with Gasteiger partial charge in [0.2, 0.25) is 0 Å². The summed E-state index contributed by atoms with van der Waals surface area (Å²) in [4.78, 5) is 22.8. The van der Waals surface area contributed by atoms with Gasteiger partial charge in [0.1, 0.15) is 11.5 Å². The average molecular weight is 511 g/mol. The summed E-state index contributed by atoms with van der Waals surface area (Å²) >= 11 is 0. The monoisotopic (exact) mass is 511 g/mol. The normalized spacial score (nSPS) is 14.5. The van der Waals surface area contributed by atoms with Crippen LogP contribution >= 0.6 is 0 Å². The van der Waals surface area contributed by atoms with Crippen LogP contribution in [0.25, 0.3) is 22.0 Å². The van der Waals surface area contributed by atoms with E-state index in [0.29, 0.717) is 37.8 Å². The third-order valence-corrected chi connectivity index (χ3v) is 6.18. The Hall–Kier alpha value is -4.35. The number of carbonyl (C=O) groups is 1. The number of anilines is 2. The molecule has 0 saturated carbocycles. The second kappa shape index (κ2) is 9.96. The van der Waals surface area contributed by atoms with Crippen molar-refractivity contribution in [2.75, 3.05) is 23.3 Å². The number of benzene rings is 1. The van der Waals surface area contributed by atoms with Crippen LogP contribution in [0.4, 0.5) is 33.9 Å². The first-order chi connectivity index (χ1) is 17.8. The molecule has 5 rings (SSSR count). The summed E-state index contributed by atoms with van der Waals surface area (Å²) in [5.41, 5.74) is -0.149. The second-order valence-corrected chi connectivity index (χ2v) is 8.58. The molecule has 0 bridgehead atoms. The zero-order valence-corrected chi connectivity index (χ0v) is 19.3. The van der Waals surface area contributed by atoms with E-state index in [0.717, 1.165) is 34.2 Å². The maximum atomic E-state index is 13.3. The lowest BCUT2D eigenvalue weighted by Crippen LogP contribution is -2.46. The van der Waals surface area contributed by atoms with Gasteiger partial charge < -0.3 is 15.5 Å². The molecule has 1 fully saturated rings. The van der Waals surface area contributed by atoms with Crippen molar-refractivity contribution in [1.82, 2.24) is 25.5 Å². The number of piperidine rings is 1. The molecule has 4 aromatic rings. The molecule has 0 unspecified atom stereocenters. The summed E-state index contributed by atoms with van der Waals surface area (Å²) in [7, 11) is 0. The van der Waals surface area contributed by atoms with Gasteiger partial charge in [0, 0.05) is 60.3 Å². The van der Waals surface area contributed by atoms with Crippen LogP contribution in [0.1, 0.15) is 18.4 Å². The van der Waals surface area contributed by atoms with Crippen molar-refractivity contribution in [2.45, 2.75) is 25.1 Å². The van der Waals surface area contributed by atoms with Gasteiger partial charge in [-0.05, 0) is 49.2 Å². The summed E-state index contributed by atoms with van der Waals surface area (Å²) in [6, 6.07) is 6.66. The van der Waals surface area contributed by atoms with E-state index in [4.69, 9.17) is 0 Å². The fraction of sp³-hybridized carbons (Fsp3) is 0.240. The molecular weight excluding hydrogens is 490 g/mol. The molecule has 1 saturated heterocycles. The van der Waals surface area contributed by atoms with Gasteiger partial charge in [-0.2, -0.15) is 13.2 Å². The Morgan fingerprint density at radius 1 is 0.946 bits per heavy atom. The van der Waals surface area contributed by atoms with Gasteiger partial charge >= 0.3 is 12.2 Å². The van der Waals surface area contributed by atoms with Gasteiger partial charge in [0.25, 0.3) is 0 Å². The Kier molecular flexibility index (Phi) is 6.55. The van der Waals surface area contributed by atoms with Crippen molar-refractivity contribution >= 4 is 28.3 Å². The number of halogens is 4. The summed E-state index contributed by atoms with van der Waals surface area (Å²) in [5, 5.41) is 15.6. The van der Waals surface area contributed by atoms with Crippen LogP contribution < -0.4 is 15.5 Å². The third kappa shape index (κ3) is 5.27. The van der Waals surface area contributed by atoms with Crippen LogP contribution in [0.5, 0.6) is 0 Å². The van der Waals surface area contributed by atoms with Crippen LogP contribution in [-0.2, 0) is 6.18 Å². The molecule has 0 radical (unpaired) electrons. The first-order valence-electron chi connectivity index (χ1n) is 11.5. The van der Waals surface area contributed by atoms with Crippen molar-refractivity contribution in [3.8, 4) is 11.3 Å². The fourth-order valence-corrected chi connectivity index (χ4v) is 4.38. The third-order valence-electron chi connectivity index (χ3n) is 6.18. The van der Waals surface area contributed by atoms with Crippen LogP contribution in [0.2, 0.25) is 0 Å². The lowest BCUT2D eigenvalue weighted by Gasteiger charge is -2.33. The molecule has 2 amide bonds. The van der Waals surface area contributed by atoms with Crippen molar-refractivity contribution in [2.24, 2.45) is 0 Å². The summed E-state index contributed by atoms with van der Waals surface area (Å²) in [6.45, 7) is 1.09. The average Bonchev–Trinajstić information content (AvgIpc) is 2.89. The van der Waals surface area contributed by atoms with Gasteiger partial charge in [-0.3, -0.25) is 9.97 Å². The fourth-order valence-electron chi connectivity index (χ4n) is 4.38. The highest BCUT2D eigenvalue weighted by Gasteiger charge is 2.34. The summed E-state index contributed by atoms with van der Waals surface area (Å²) in [5.74, 6) is -0.366. The predicted octanol–water partition coefficient (Wildman–Crippen LogP) is 5.04. The first kappa shape index (κ1) is 24.3. The van der Waals surface area contributed by atoms with Gasteiger partial charge in [-0.25, -0.2) is 9.18 Å². The molecule has 1 aliphatic heterocycles. The zero-order valence-electron chi connectivity index (χ0n) is 19.3. The summed E-state index contributed by atoms with van der Waals surface area (Å²) < 4.78 is 53.0. The molecule has 1 aromatic carbocycles. The van der Waals surface area contributed by atoms with E-state index in [1.165, 1.54) is 0 Å². The highest BCUT2D eigenvalue weighted by molar-refractivity contribution is 5.99. The van der Waals surface area contributed by atoms with E-state index in [9.17, 15) is 22.4 Å². The Morgan fingerprint density at radius 3 is 2.41 bits per heavy atom. The minimum absolute atomic E-state index is 0.264. The number of nitrogens with one attached hydrogen (secondary N) is 2.